The van der Waals surface area contributed by atoms with Crippen LogP contribution in [0.4, 0.5) is 0 Å². The van der Waals surface area contributed by atoms with Gasteiger partial charge in [0.25, 0.3) is 0 Å². The van der Waals surface area contributed by atoms with E-state index >= 15 is 0 Å². The predicted octanol–water partition coefficient (Wildman–Crippen LogP) is 1.57. The lowest BCUT2D eigenvalue weighted by atomic mass is 10.1. The van der Waals surface area contributed by atoms with Crippen molar-refractivity contribution in [3.05, 3.63) is 35.6 Å². The number of furan rings is 1. The summed E-state index contributed by atoms with van der Waals surface area (Å²) < 4.78 is 37.3. The van der Waals surface area contributed by atoms with Gasteiger partial charge in [-0.1, -0.05) is 5.16 Å². The Morgan fingerprint density at radius 3 is 2.88 bits per heavy atom. The van der Waals surface area contributed by atoms with E-state index in [1.165, 1.54) is 0 Å². The van der Waals surface area contributed by atoms with Crippen LogP contribution in [-0.4, -0.2) is 44.0 Å². The molecule has 8 nitrogen and oxygen atoms in total. The average molecular weight is 367 g/mol. The van der Waals surface area contributed by atoms with Crippen LogP contribution >= 0.6 is 0 Å². The second kappa shape index (κ2) is 7.01. The van der Waals surface area contributed by atoms with Gasteiger partial charge < -0.3 is 13.8 Å². The summed E-state index contributed by atoms with van der Waals surface area (Å²) in [6, 6.07) is 3.75. The highest BCUT2D eigenvalue weighted by atomic mass is 32.2. The zero-order valence-corrected chi connectivity index (χ0v) is 15.0. The number of nitrogens with one attached hydrogen (secondary N) is 1. The molecule has 136 valence electrons. The van der Waals surface area contributed by atoms with Gasteiger partial charge in [0.2, 0.25) is 15.9 Å². The molecule has 3 rings (SSSR count). The molecular formula is C16H21N3O5S. The van der Waals surface area contributed by atoms with Crippen LogP contribution in [0.5, 0.6) is 0 Å². The van der Waals surface area contributed by atoms with Gasteiger partial charge in [-0.05, 0) is 32.4 Å². The molecule has 0 bridgehead atoms. The van der Waals surface area contributed by atoms with Crippen molar-refractivity contribution >= 4 is 15.9 Å². The van der Waals surface area contributed by atoms with E-state index in [0.29, 0.717) is 18.8 Å². The zero-order chi connectivity index (χ0) is 18.0. The minimum atomic E-state index is -3.74. The van der Waals surface area contributed by atoms with Crippen molar-refractivity contribution in [1.82, 2.24) is 14.8 Å². The summed E-state index contributed by atoms with van der Waals surface area (Å²) in [5.41, 5.74) is 0.303. The summed E-state index contributed by atoms with van der Waals surface area (Å²) in [6.07, 6.45) is 2.58. The maximum atomic E-state index is 12.3. The number of sulfonamides is 1. The van der Waals surface area contributed by atoms with E-state index in [-0.39, 0.29) is 35.4 Å². The molecule has 9 heteroatoms. The fourth-order valence-corrected chi connectivity index (χ4v) is 4.48. The number of aryl methyl sites for hydroxylation is 2. The van der Waals surface area contributed by atoms with Gasteiger partial charge >= 0.3 is 0 Å². The molecule has 1 amide bonds. The van der Waals surface area contributed by atoms with E-state index < -0.39 is 10.0 Å². The molecule has 0 saturated carbocycles. The predicted molar refractivity (Wildman–Crippen MR) is 88.4 cm³/mol. The van der Waals surface area contributed by atoms with Crippen LogP contribution in [0.25, 0.3) is 0 Å². The van der Waals surface area contributed by atoms with Crippen molar-refractivity contribution in [2.45, 2.75) is 37.5 Å². The monoisotopic (exact) mass is 367 g/mol. The minimum absolute atomic E-state index is 0.0349. The molecule has 1 saturated heterocycles. The zero-order valence-electron chi connectivity index (χ0n) is 14.2. The quantitative estimate of drug-likeness (QED) is 0.831. The topological polar surface area (TPSA) is 106 Å². The fraction of sp³-hybridized carbons (Fsp3) is 0.500. The van der Waals surface area contributed by atoms with Gasteiger partial charge in [-0.2, -0.15) is 0 Å². The lowest BCUT2D eigenvalue weighted by Gasteiger charge is -2.16. The summed E-state index contributed by atoms with van der Waals surface area (Å²) in [6.45, 7) is 4.39. The summed E-state index contributed by atoms with van der Waals surface area (Å²) in [4.78, 5) is 14.1. The first-order valence-electron chi connectivity index (χ1n) is 8.12. The second-order valence-corrected chi connectivity index (χ2v) is 7.85. The normalized spacial score (nSPS) is 18.0. The number of carbonyl (C=O) groups is 1. The lowest BCUT2D eigenvalue weighted by Crippen LogP contribution is -2.33. The molecule has 2 aromatic heterocycles. The largest absolute Gasteiger partial charge is 0.469 e. The molecule has 0 spiro atoms. The molecule has 0 radical (unpaired) electrons. The second-order valence-electron chi connectivity index (χ2n) is 6.14. The van der Waals surface area contributed by atoms with Crippen molar-refractivity contribution in [2.24, 2.45) is 0 Å². The first kappa shape index (κ1) is 17.7. The molecule has 1 atom stereocenters. The van der Waals surface area contributed by atoms with Gasteiger partial charge in [-0.25, -0.2) is 13.1 Å². The van der Waals surface area contributed by atoms with Crippen molar-refractivity contribution in [2.75, 3.05) is 19.6 Å². The Morgan fingerprint density at radius 1 is 1.44 bits per heavy atom. The number of hydrogen-bond acceptors (Lipinski definition) is 6. The van der Waals surface area contributed by atoms with E-state index in [0.717, 1.165) is 12.2 Å². The third-order valence-corrected chi connectivity index (χ3v) is 6.06. The average Bonchev–Trinajstić information content (AvgIpc) is 3.27. The van der Waals surface area contributed by atoms with Gasteiger partial charge in [-0.3, -0.25) is 4.79 Å². The molecule has 0 aromatic carbocycles. The highest BCUT2D eigenvalue weighted by molar-refractivity contribution is 7.89. The van der Waals surface area contributed by atoms with Gasteiger partial charge in [0.15, 0.2) is 5.76 Å². The van der Waals surface area contributed by atoms with Crippen LogP contribution in [0, 0.1) is 13.8 Å². The number of likely N-dealkylation sites (tertiary alicyclic amines) is 1. The van der Waals surface area contributed by atoms with Crippen molar-refractivity contribution < 1.29 is 22.2 Å². The molecule has 1 aliphatic heterocycles. The Kier molecular flexibility index (Phi) is 4.96. The third-order valence-electron chi connectivity index (χ3n) is 4.35. The van der Waals surface area contributed by atoms with E-state index in [4.69, 9.17) is 8.94 Å². The Morgan fingerprint density at radius 2 is 2.24 bits per heavy atom. The number of nitrogens with zero attached hydrogens (tertiary/aromatic N) is 2. The van der Waals surface area contributed by atoms with Crippen molar-refractivity contribution in [3.8, 4) is 0 Å². The maximum absolute atomic E-state index is 12.3. The van der Waals surface area contributed by atoms with Gasteiger partial charge in [0.05, 0.1) is 6.26 Å². The first-order chi connectivity index (χ1) is 11.9. The summed E-state index contributed by atoms with van der Waals surface area (Å²) in [5.74, 6) is 1.25. The first-order valence-corrected chi connectivity index (χ1v) is 9.60. The van der Waals surface area contributed by atoms with Gasteiger partial charge in [0.1, 0.15) is 16.3 Å². The van der Waals surface area contributed by atoms with Crippen molar-refractivity contribution in [3.63, 3.8) is 0 Å². The van der Waals surface area contributed by atoms with E-state index in [2.05, 4.69) is 9.88 Å². The molecule has 3 heterocycles. The van der Waals surface area contributed by atoms with Crippen LogP contribution in [0.2, 0.25) is 0 Å². The Labute approximate surface area is 146 Å². The Bertz CT molecular complexity index is 822. The number of hydrogen-bond donors (Lipinski definition) is 1. The lowest BCUT2D eigenvalue weighted by molar-refractivity contribution is -0.130. The highest BCUT2D eigenvalue weighted by Crippen LogP contribution is 2.27. The van der Waals surface area contributed by atoms with Crippen LogP contribution in [0.3, 0.4) is 0 Å². The molecular weight excluding hydrogens is 346 g/mol. The molecule has 0 aliphatic carbocycles. The molecule has 2 aromatic rings. The molecule has 1 aliphatic rings. The standard InChI is InChI=1S/C16H21N3O5S/c1-11-16(12(2)24-18-11)25(21,22)17-7-5-15(20)19-8-6-13(10-19)14-4-3-9-23-14/h3-4,9,13,17H,5-8,10H2,1-2H3. The van der Waals surface area contributed by atoms with Gasteiger partial charge in [-0.15, -0.1) is 0 Å². The van der Waals surface area contributed by atoms with Gasteiger partial charge in [0, 0.05) is 32.0 Å². The van der Waals surface area contributed by atoms with E-state index in [9.17, 15) is 13.2 Å². The molecule has 1 unspecified atom stereocenters. The molecule has 1 fully saturated rings. The summed E-state index contributed by atoms with van der Waals surface area (Å²) in [5, 5.41) is 3.64. The number of amides is 1. The van der Waals surface area contributed by atoms with Crippen LogP contribution in [0.15, 0.2) is 32.2 Å². The van der Waals surface area contributed by atoms with Crippen LogP contribution in [-0.2, 0) is 14.8 Å². The van der Waals surface area contributed by atoms with Crippen molar-refractivity contribution in [1.29, 1.82) is 0 Å². The van der Waals surface area contributed by atoms with E-state index in [1.54, 1.807) is 25.0 Å². The third kappa shape index (κ3) is 3.77. The Hall–Kier alpha value is -2.13. The number of rotatable bonds is 6. The maximum Gasteiger partial charge on any atom is 0.245 e. The highest BCUT2D eigenvalue weighted by Gasteiger charge is 2.29. The van der Waals surface area contributed by atoms with E-state index in [1.807, 2.05) is 12.1 Å². The molecule has 25 heavy (non-hydrogen) atoms. The number of carbonyl (C=O) groups excluding carboxylic acids is 1. The van der Waals surface area contributed by atoms with Crippen LogP contribution in [0.1, 0.15) is 36.0 Å². The molecule has 1 N–H and O–H groups in total. The van der Waals surface area contributed by atoms with Crippen LogP contribution < -0.4 is 4.72 Å². The number of aromatic nitrogens is 1. The summed E-state index contributed by atoms with van der Waals surface area (Å²) >= 11 is 0. The summed E-state index contributed by atoms with van der Waals surface area (Å²) in [7, 11) is -3.74. The SMILES string of the molecule is Cc1noc(C)c1S(=O)(=O)NCCC(=O)N1CCC(c2ccco2)C1. The smallest absolute Gasteiger partial charge is 0.245 e. The minimum Gasteiger partial charge on any atom is -0.469 e. The fourth-order valence-electron chi connectivity index (χ4n) is 3.12. The Balaban J connectivity index is 1.52.